The molecule has 0 radical (unpaired) electrons. The zero-order valence-electron chi connectivity index (χ0n) is 18.9. The zero-order chi connectivity index (χ0) is 23.7. The van der Waals surface area contributed by atoms with Gasteiger partial charge in [0, 0.05) is 66.5 Å². The zero-order valence-corrected chi connectivity index (χ0v) is 20.4. The number of fused-ring (bicyclic) bond motifs is 2. The number of hydrogen-bond donors (Lipinski definition) is 1. The van der Waals surface area contributed by atoms with Crippen LogP contribution in [0.4, 0.5) is 0 Å². The Hall–Kier alpha value is -2.48. The quantitative estimate of drug-likeness (QED) is 0.367. The number of H-pyrrole nitrogens is 1. The molecule has 1 saturated heterocycles. The van der Waals surface area contributed by atoms with Crippen molar-refractivity contribution in [3.63, 3.8) is 0 Å². The number of halogens is 2. The predicted octanol–water partition coefficient (Wildman–Crippen LogP) is 4.92. The number of pyridine rings is 1. The molecule has 0 aliphatic carbocycles. The van der Waals surface area contributed by atoms with E-state index < -0.39 is 0 Å². The van der Waals surface area contributed by atoms with Crippen LogP contribution in [0.25, 0.3) is 21.8 Å². The van der Waals surface area contributed by atoms with Crippen LogP contribution < -0.4 is 0 Å². The number of nitrogens with one attached hydrogen (secondary N) is 1. The molecule has 6 nitrogen and oxygen atoms in total. The van der Waals surface area contributed by atoms with Gasteiger partial charge in [0.05, 0.1) is 29.2 Å². The standard InChI is InChI=1S/C26H26Cl2N4O2/c1-34-16-26-25(15-33)31(13-17-2-4-21-22(28)6-7-29-24(21)10-17)8-9-32(26)14-20-12-18-11-19(27)3-5-23(18)30-20/h2-7,10-12,15,25-26,30H,8-9,13-14,16H2,1H3/t25?,26-/m1/s1. The van der Waals surface area contributed by atoms with Crippen LogP contribution in [0.5, 0.6) is 0 Å². The van der Waals surface area contributed by atoms with Gasteiger partial charge >= 0.3 is 0 Å². The molecular formula is C26H26Cl2N4O2. The van der Waals surface area contributed by atoms with Gasteiger partial charge in [-0.15, -0.1) is 0 Å². The summed E-state index contributed by atoms with van der Waals surface area (Å²) in [5.41, 5.74) is 4.11. The molecule has 0 saturated carbocycles. The summed E-state index contributed by atoms with van der Waals surface area (Å²) in [5, 5.41) is 3.43. The van der Waals surface area contributed by atoms with Crippen LogP contribution in [-0.2, 0) is 22.6 Å². The van der Waals surface area contributed by atoms with Gasteiger partial charge in [-0.1, -0.05) is 35.3 Å². The summed E-state index contributed by atoms with van der Waals surface area (Å²) in [4.78, 5) is 24.8. The minimum atomic E-state index is -0.282. The Labute approximate surface area is 208 Å². The van der Waals surface area contributed by atoms with Gasteiger partial charge in [0.25, 0.3) is 0 Å². The first-order chi connectivity index (χ1) is 16.6. The highest BCUT2D eigenvalue weighted by atomic mass is 35.5. The second-order valence-corrected chi connectivity index (χ2v) is 9.60. The third-order valence-corrected chi connectivity index (χ3v) is 7.15. The number of carbonyl (C=O) groups is 1. The summed E-state index contributed by atoms with van der Waals surface area (Å²) in [6.07, 6.45) is 2.77. The highest BCUT2D eigenvalue weighted by Gasteiger charge is 2.36. The fraction of sp³-hybridized carbons (Fsp3) is 0.308. The van der Waals surface area contributed by atoms with Crippen LogP contribution >= 0.6 is 23.2 Å². The van der Waals surface area contributed by atoms with Gasteiger partial charge in [0.15, 0.2) is 0 Å². The number of aldehydes is 1. The van der Waals surface area contributed by atoms with E-state index >= 15 is 0 Å². The van der Waals surface area contributed by atoms with Gasteiger partial charge in [0.1, 0.15) is 6.29 Å². The summed E-state index contributed by atoms with van der Waals surface area (Å²) in [7, 11) is 1.68. The number of hydrogen-bond acceptors (Lipinski definition) is 5. The maximum atomic E-state index is 12.3. The van der Waals surface area contributed by atoms with Crippen molar-refractivity contribution in [2.24, 2.45) is 0 Å². The average molecular weight is 497 g/mol. The van der Waals surface area contributed by atoms with Crippen LogP contribution in [0.2, 0.25) is 10.0 Å². The number of aromatic amines is 1. The predicted molar refractivity (Wildman–Crippen MR) is 136 cm³/mol. The van der Waals surface area contributed by atoms with E-state index in [2.05, 4.69) is 38.0 Å². The largest absolute Gasteiger partial charge is 0.383 e. The van der Waals surface area contributed by atoms with Gasteiger partial charge < -0.3 is 14.5 Å². The highest BCUT2D eigenvalue weighted by molar-refractivity contribution is 6.35. The van der Waals surface area contributed by atoms with Gasteiger partial charge in [-0.3, -0.25) is 14.8 Å². The maximum Gasteiger partial charge on any atom is 0.138 e. The summed E-state index contributed by atoms with van der Waals surface area (Å²) in [6.45, 7) is 3.44. The Kier molecular flexibility index (Phi) is 6.86. The molecule has 0 bridgehead atoms. The van der Waals surface area contributed by atoms with Crippen molar-refractivity contribution in [1.82, 2.24) is 19.8 Å². The fourth-order valence-corrected chi connectivity index (χ4v) is 5.32. The Balaban J connectivity index is 1.35. The van der Waals surface area contributed by atoms with Crippen molar-refractivity contribution in [2.45, 2.75) is 25.2 Å². The molecule has 176 valence electrons. The van der Waals surface area contributed by atoms with E-state index in [1.165, 1.54) is 0 Å². The molecule has 1 aliphatic heterocycles. The van der Waals surface area contributed by atoms with E-state index in [1.807, 2.05) is 24.3 Å². The number of ether oxygens (including phenoxy) is 1. The molecule has 1 aliphatic rings. The number of carbonyl (C=O) groups excluding carboxylic acids is 1. The van der Waals surface area contributed by atoms with Gasteiger partial charge in [-0.2, -0.15) is 0 Å². The van der Waals surface area contributed by atoms with Crippen molar-refractivity contribution < 1.29 is 9.53 Å². The Morgan fingerprint density at radius 1 is 1.09 bits per heavy atom. The maximum absolute atomic E-state index is 12.3. The lowest BCUT2D eigenvalue weighted by atomic mass is 10.0. The second kappa shape index (κ2) is 10.0. The molecular weight excluding hydrogens is 471 g/mol. The number of aromatic nitrogens is 2. The molecule has 8 heteroatoms. The van der Waals surface area contributed by atoms with E-state index in [1.54, 1.807) is 19.4 Å². The first-order valence-corrected chi connectivity index (χ1v) is 12.0. The average Bonchev–Trinajstić information content (AvgIpc) is 3.22. The first kappa shape index (κ1) is 23.3. The second-order valence-electron chi connectivity index (χ2n) is 8.76. The van der Waals surface area contributed by atoms with Gasteiger partial charge in [0.2, 0.25) is 0 Å². The van der Waals surface area contributed by atoms with E-state index in [9.17, 15) is 4.79 Å². The molecule has 2 atom stereocenters. The van der Waals surface area contributed by atoms with E-state index in [0.29, 0.717) is 24.7 Å². The SMILES string of the molecule is COC[C@@H]1C(C=O)N(Cc2ccc3c(Cl)ccnc3c2)CCN1Cc1cc2cc(Cl)ccc2[nH]1. The van der Waals surface area contributed by atoms with Crippen molar-refractivity contribution >= 4 is 51.3 Å². The van der Waals surface area contributed by atoms with Gasteiger partial charge in [-0.25, -0.2) is 0 Å². The summed E-state index contributed by atoms with van der Waals surface area (Å²) >= 11 is 12.4. The van der Waals surface area contributed by atoms with Crippen molar-refractivity contribution in [3.05, 3.63) is 76.0 Å². The monoisotopic (exact) mass is 496 g/mol. The number of benzene rings is 2. The highest BCUT2D eigenvalue weighted by Crippen LogP contribution is 2.26. The third kappa shape index (κ3) is 4.69. The summed E-state index contributed by atoms with van der Waals surface area (Å²) in [6, 6.07) is 15.5. The van der Waals surface area contributed by atoms with E-state index in [-0.39, 0.29) is 12.1 Å². The lowest BCUT2D eigenvalue weighted by Crippen LogP contribution is -2.61. The first-order valence-electron chi connectivity index (χ1n) is 11.3. The minimum absolute atomic E-state index is 0.0562. The fourth-order valence-electron chi connectivity index (χ4n) is 4.92. The molecule has 5 rings (SSSR count). The molecule has 4 aromatic rings. The molecule has 1 fully saturated rings. The lowest BCUT2D eigenvalue weighted by molar-refractivity contribution is -0.120. The van der Waals surface area contributed by atoms with E-state index in [0.717, 1.165) is 57.5 Å². The summed E-state index contributed by atoms with van der Waals surface area (Å²) in [5.74, 6) is 0. The van der Waals surface area contributed by atoms with Crippen LogP contribution in [0.3, 0.4) is 0 Å². The summed E-state index contributed by atoms with van der Waals surface area (Å²) < 4.78 is 5.55. The van der Waals surface area contributed by atoms with Crippen molar-refractivity contribution in [1.29, 1.82) is 0 Å². The van der Waals surface area contributed by atoms with Crippen molar-refractivity contribution in [2.75, 3.05) is 26.8 Å². The normalized spacial score (nSPS) is 19.7. The van der Waals surface area contributed by atoms with Crippen LogP contribution in [-0.4, -0.2) is 64.9 Å². The molecule has 1 unspecified atom stereocenters. The van der Waals surface area contributed by atoms with Crippen molar-refractivity contribution in [3.8, 4) is 0 Å². The van der Waals surface area contributed by atoms with Gasteiger partial charge in [-0.05, 0) is 42.0 Å². The molecule has 2 aromatic carbocycles. The molecule has 34 heavy (non-hydrogen) atoms. The minimum Gasteiger partial charge on any atom is -0.383 e. The number of rotatable bonds is 7. The third-order valence-electron chi connectivity index (χ3n) is 6.59. The van der Waals surface area contributed by atoms with Crippen LogP contribution in [0.1, 0.15) is 11.3 Å². The van der Waals surface area contributed by atoms with Crippen LogP contribution in [0.15, 0.2) is 54.7 Å². The lowest BCUT2D eigenvalue weighted by Gasteiger charge is -2.45. The Morgan fingerprint density at radius 3 is 2.76 bits per heavy atom. The number of nitrogens with zero attached hydrogens (tertiary/aromatic N) is 3. The number of piperazine rings is 1. The molecule has 2 aromatic heterocycles. The topological polar surface area (TPSA) is 61.5 Å². The van der Waals surface area contributed by atoms with E-state index in [4.69, 9.17) is 27.9 Å². The Morgan fingerprint density at radius 2 is 1.94 bits per heavy atom. The molecule has 0 amide bonds. The van der Waals surface area contributed by atoms with Crippen LogP contribution in [0, 0.1) is 0 Å². The molecule has 1 N–H and O–H groups in total. The Bertz CT molecular complexity index is 1320. The number of methoxy groups -OCH3 is 1. The smallest absolute Gasteiger partial charge is 0.138 e. The molecule has 0 spiro atoms. The molecule has 3 heterocycles.